The largest absolute Gasteiger partial charge is 0.354 e. The topological polar surface area (TPSA) is 52.7 Å². The molecule has 6 heteroatoms. The number of rotatable bonds is 6. The van der Waals surface area contributed by atoms with Crippen molar-refractivity contribution in [1.82, 2.24) is 10.2 Å². The molecule has 1 N–H and O–H groups in total. The molecule has 0 aliphatic carbocycles. The van der Waals surface area contributed by atoms with Crippen molar-refractivity contribution in [2.75, 3.05) is 31.1 Å². The van der Waals surface area contributed by atoms with Gasteiger partial charge in [0.25, 0.3) is 0 Å². The Hall–Kier alpha value is -2.37. The number of likely N-dealkylation sites (tertiary alicyclic amines) is 1. The first kappa shape index (κ1) is 19.9. The molecule has 2 heterocycles. The fourth-order valence-corrected chi connectivity index (χ4v) is 4.55. The Bertz CT molecular complexity index is 867. The van der Waals surface area contributed by atoms with Crippen molar-refractivity contribution < 1.29 is 9.59 Å². The molecule has 2 amide bonds. The van der Waals surface area contributed by atoms with E-state index in [2.05, 4.69) is 22.3 Å². The van der Waals surface area contributed by atoms with Gasteiger partial charge in [0.15, 0.2) is 0 Å². The van der Waals surface area contributed by atoms with Crippen LogP contribution in [0.1, 0.15) is 30.9 Å². The Kier molecular flexibility index (Phi) is 6.16. The van der Waals surface area contributed by atoms with Crippen LogP contribution < -0.4 is 10.2 Å². The highest BCUT2D eigenvalue weighted by atomic mass is 35.5. The van der Waals surface area contributed by atoms with E-state index in [0.717, 1.165) is 13.1 Å². The molecule has 2 fully saturated rings. The van der Waals surface area contributed by atoms with Gasteiger partial charge in [-0.1, -0.05) is 54.1 Å². The molecular formula is C23H26ClN3O2. The molecule has 2 aliphatic heterocycles. The van der Waals surface area contributed by atoms with E-state index >= 15 is 0 Å². The Morgan fingerprint density at radius 3 is 2.48 bits per heavy atom. The molecule has 0 bridgehead atoms. The number of halogens is 1. The first-order valence-corrected chi connectivity index (χ1v) is 10.6. The van der Waals surface area contributed by atoms with E-state index in [0.29, 0.717) is 23.8 Å². The quantitative estimate of drug-likeness (QED) is 0.789. The van der Waals surface area contributed by atoms with Gasteiger partial charge in [-0.3, -0.25) is 14.5 Å². The molecule has 0 unspecified atom stereocenters. The summed E-state index contributed by atoms with van der Waals surface area (Å²) < 4.78 is 0. The molecule has 0 radical (unpaired) electrons. The van der Waals surface area contributed by atoms with Gasteiger partial charge in [0, 0.05) is 19.5 Å². The van der Waals surface area contributed by atoms with Crippen molar-refractivity contribution in [3.05, 3.63) is 65.2 Å². The molecule has 0 saturated carbocycles. The van der Waals surface area contributed by atoms with Crippen LogP contribution in [0.3, 0.4) is 0 Å². The van der Waals surface area contributed by atoms with Gasteiger partial charge in [-0.25, -0.2) is 0 Å². The highest BCUT2D eigenvalue weighted by Crippen LogP contribution is 2.31. The predicted octanol–water partition coefficient (Wildman–Crippen LogP) is 3.65. The lowest BCUT2D eigenvalue weighted by Gasteiger charge is -2.28. The maximum absolute atomic E-state index is 12.9. The molecule has 152 valence electrons. The average molecular weight is 412 g/mol. The summed E-state index contributed by atoms with van der Waals surface area (Å²) in [4.78, 5) is 29.4. The molecule has 5 nitrogen and oxygen atoms in total. The SMILES string of the molecule is O=C(NC[C@@H](c1ccccc1)N1CCCC1)[C@H]1CC(=O)N(c2ccccc2Cl)C1. The molecule has 0 aromatic heterocycles. The van der Waals surface area contributed by atoms with E-state index in [1.165, 1.54) is 18.4 Å². The first-order chi connectivity index (χ1) is 14.1. The van der Waals surface area contributed by atoms with Gasteiger partial charge in [-0.15, -0.1) is 0 Å². The van der Waals surface area contributed by atoms with Crippen molar-refractivity contribution in [1.29, 1.82) is 0 Å². The van der Waals surface area contributed by atoms with Crippen LogP contribution in [-0.4, -0.2) is 42.9 Å². The second-order valence-corrected chi connectivity index (χ2v) is 8.18. The van der Waals surface area contributed by atoms with Crippen molar-refractivity contribution in [3.63, 3.8) is 0 Å². The fourth-order valence-electron chi connectivity index (χ4n) is 4.31. The van der Waals surface area contributed by atoms with Crippen LogP contribution in [0.5, 0.6) is 0 Å². The van der Waals surface area contributed by atoms with Gasteiger partial charge >= 0.3 is 0 Å². The lowest BCUT2D eigenvalue weighted by molar-refractivity contribution is -0.126. The Morgan fingerprint density at radius 1 is 1.07 bits per heavy atom. The van der Waals surface area contributed by atoms with Gasteiger partial charge in [-0.05, 0) is 43.6 Å². The van der Waals surface area contributed by atoms with E-state index in [1.807, 2.05) is 36.4 Å². The normalized spacial score (nSPS) is 20.8. The molecule has 2 aromatic carbocycles. The average Bonchev–Trinajstić information content (AvgIpc) is 3.39. The standard InChI is InChI=1S/C23H26ClN3O2/c24-19-10-4-5-11-20(19)27-16-18(14-22(27)28)23(29)25-15-21(26-12-6-7-13-26)17-8-2-1-3-9-17/h1-5,8-11,18,21H,6-7,12-16H2,(H,25,29)/t18-,21-/m0/s1. The van der Waals surface area contributed by atoms with Crippen LogP contribution in [0.15, 0.2) is 54.6 Å². The number of carbonyl (C=O) groups excluding carboxylic acids is 2. The van der Waals surface area contributed by atoms with Crippen LogP contribution in [0.2, 0.25) is 5.02 Å². The number of hydrogen-bond donors (Lipinski definition) is 1. The number of amides is 2. The highest BCUT2D eigenvalue weighted by Gasteiger charge is 2.36. The van der Waals surface area contributed by atoms with Gasteiger partial charge in [0.05, 0.1) is 22.7 Å². The summed E-state index contributed by atoms with van der Waals surface area (Å²) in [5, 5.41) is 3.64. The van der Waals surface area contributed by atoms with Crippen LogP contribution >= 0.6 is 11.6 Å². The Morgan fingerprint density at radius 2 is 1.76 bits per heavy atom. The van der Waals surface area contributed by atoms with E-state index in [-0.39, 0.29) is 30.2 Å². The monoisotopic (exact) mass is 411 g/mol. The summed E-state index contributed by atoms with van der Waals surface area (Å²) in [5.41, 5.74) is 1.89. The number of benzene rings is 2. The van der Waals surface area contributed by atoms with E-state index in [1.54, 1.807) is 11.0 Å². The second-order valence-electron chi connectivity index (χ2n) is 7.77. The maximum atomic E-state index is 12.9. The molecule has 2 saturated heterocycles. The van der Waals surface area contributed by atoms with Gasteiger partial charge in [0.1, 0.15) is 0 Å². The lowest BCUT2D eigenvalue weighted by atomic mass is 10.0. The third-order valence-corrected chi connectivity index (χ3v) is 6.19. The Labute approximate surface area is 176 Å². The molecule has 2 atom stereocenters. The van der Waals surface area contributed by atoms with Crippen molar-refractivity contribution in [3.8, 4) is 0 Å². The third-order valence-electron chi connectivity index (χ3n) is 5.87. The van der Waals surface area contributed by atoms with Gasteiger partial charge in [0.2, 0.25) is 11.8 Å². The summed E-state index contributed by atoms with van der Waals surface area (Å²) >= 11 is 6.24. The number of para-hydroxylation sites is 1. The van der Waals surface area contributed by atoms with Crippen LogP contribution in [-0.2, 0) is 9.59 Å². The summed E-state index contributed by atoms with van der Waals surface area (Å²) in [5.74, 6) is -0.473. The van der Waals surface area contributed by atoms with Crippen molar-refractivity contribution in [2.24, 2.45) is 5.92 Å². The second kappa shape index (κ2) is 8.97. The molecule has 2 aliphatic rings. The summed E-state index contributed by atoms with van der Waals surface area (Å²) in [6.45, 7) is 3.03. The van der Waals surface area contributed by atoms with Gasteiger partial charge in [-0.2, -0.15) is 0 Å². The minimum atomic E-state index is -0.353. The minimum Gasteiger partial charge on any atom is -0.354 e. The first-order valence-electron chi connectivity index (χ1n) is 10.2. The molecule has 4 rings (SSSR count). The van der Waals surface area contributed by atoms with Crippen LogP contribution in [0.4, 0.5) is 5.69 Å². The van der Waals surface area contributed by atoms with Crippen LogP contribution in [0.25, 0.3) is 0 Å². The van der Waals surface area contributed by atoms with Crippen molar-refractivity contribution in [2.45, 2.75) is 25.3 Å². The zero-order valence-corrected chi connectivity index (χ0v) is 17.1. The van der Waals surface area contributed by atoms with Crippen LogP contribution in [0, 0.1) is 5.92 Å². The van der Waals surface area contributed by atoms with Crippen molar-refractivity contribution >= 4 is 29.1 Å². The zero-order chi connectivity index (χ0) is 20.2. The maximum Gasteiger partial charge on any atom is 0.227 e. The summed E-state index contributed by atoms with van der Waals surface area (Å²) in [7, 11) is 0. The molecular weight excluding hydrogens is 386 g/mol. The van der Waals surface area contributed by atoms with E-state index < -0.39 is 0 Å². The van der Waals surface area contributed by atoms with E-state index in [4.69, 9.17) is 11.6 Å². The number of nitrogens with zero attached hydrogens (tertiary/aromatic N) is 2. The summed E-state index contributed by atoms with van der Waals surface area (Å²) in [6, 6.07) is 17.8. The number of hydrogen-bond acceptors (Lipinski definition) is 3. The summed E-state index contributed by atoms with van der Waals surface area (Å²) in [6.07, 6.45) is 2.61. The lowest BCUT2D eigenvalue weighted by Crippen LogP contribution is -2.40. The predicted molar refractivity (Wildman–Crippen MR) is 115 cm³/mol. The zero-order valence-electron chi connectivity index (χ0n) is 16.4. The fraction of sp³-hybridized carbons (Fsp3) is 0.391. The molecule has 2 aromatic rings. The van der Waals surface area contributed by atoms with Gasteiger partial charge < -0.3 is 10.2 Å². The molecule has 0 spiro atoms. The number of carbonyl (C=O) groups is 2. The highest BCUT2D eigenvalue weighted by molar-refractivity contribution is 6.33. The smallest absolute Gasteiger partial charge is 0.227 e. The minimum absolute atomic E-state index is 0.0580. The number of nitrogens with one attached hydrogen (secondary N) is 1. The number of anilines is 1. The Balaban J connectivity index is 1.41. The third kappa shape index (κ3) is 4.46. The molecule has 29 heavy (non-hydrogen) atoms. The van der Waals surface area contributed by atoms with E-state index in [9.17, 15) is 9.59 Å².